The van der Waals surface area contributed by atoms with Gasteiger partial charge in [-0.15, -0.1) is 11.8 Å². The third kappa shape index (κ3) is 13.1. The molecule has 20 nitrogen and oxygen atoms in total. The van der Waals surface area contributed by atoms with E-state index in [4.69, 9.17) is 54.0 Å². The number of likely N-dealkylation sites (N-methyl/N-ethyl adjacent to an activating group) is 2. The number of carbonyl (C=O) groups is 4. The van der Waals surface area contributed by atoms with Gasteiger partial charge in [0.05, 0.1) is 44.0 Å². The van der Waals surface area contributed by atoms with Gasteiger partial charge in [-0.25, -0.2) is 19.3 Å². The average Bonchev–Trinajstić information content (AvgIpc) is 0.771. The topological polar surface area (TPSA) is 239 Å². The van der Waals surface area contributed by atoms with Gasteiger partial charge in [-0.3, -0.25) is 23.5 Å². The summed E-state index contributed by atoms with van der Waals surface area (Å²) in [5.41, 5.74) is 3.43. The van der Waals surface area contributed by atoms with Gasteiger partial charge in [0.2, 0.25) is 29.9 Å². The number of allylic oxidation sites excluding steroid dienone is 1. The second-order valence-electron chi connectivity index (χ2n) is 24.2. The van der Waals surface area contributed by atoms with Crippen LogP contribution in [-0.4, -0.2) is 135 Å². The third-order valence-electron chi connectivity index (χ3n) is 17.4. The van der Waals surface area contributed by atoms with E-state index in [0.717, 1.165) is 33.8 Å². The second kappa shape index (κ2) is 25.7. The zero-order chi connectivity index (χ0) is 64.1. The SMILES string of the molecule is CCC1=CC(C)(C)[N+](C)=c2cc3c(cc21)=C(c1c(Cl)c(SCC(=O)CCCCCCC(=O)N2CCN(c4ccnc(-n5ccnc5)n4)C(CC(=O)NCc4ccc5c(c4)OCO5)C2)c(Cl)c(Cl)c1C(=O)O)c1cc2c(cc1O3)N(C)C(C)(C)C=C2CS(=O)(=O)O. The van der Waals surface area contributed by atoms with Crippen molar-refractivity contribution in [2.45, 2.75) is 115 Å². The molecule has 0 saturated carbocycles. The number of carbonyl (C=O) groups excluding carboxylic acids is 3. The summed E-state index contributed by atoms with van der Waals surface area (Å²) in [6.07, 6.45) is 14.4. The Kier molecular flexibility index (Phi) is 18.3. The molecule has 0 spiro atoms. The molecule has 11 rings (SSSR count). The molecule has 5 aliphatic heterocycles. The Bertz CT molecular complexity index is 4250. The number of carboxylic acid groups (broad SMARTS) is 1. The van der Waals surface area contributed by atoms with Crippen molar-refractivity contribution in [2.24, 2.45) is 0 Å². The first kappa shape index (κ1) is 64.1. The van der Waals surface area contributed by atoms with Crippen LogP contribution in [0.15, 0.2) is 90.5 Å². The lowest BCUT2D eigenvalue weighted by atomic mass is 9.83. The number of ketones is 1. The summed E-state index contributed by atoms with van der Waals surface area (Å²) in [7, 11) is -0.668. The van der Waals surface area contributed by atoms with Crippen LogP contribution >= 0.6 is 46.6 Å². The molecule has 0 radical (unpaired) electrons. The summed E-state index contributed by atoms with van der Waals surface area (Å²) in [6.45, 7) is 11.7. The van der Waals surface area contributed by atoms with E-state index in [1.54, 1.807) is 58.7 Å². The van der Waals surface area contributed by atoms with E-state index in [9.17, 15) is 37.3 Å². The van der Waals surface area contributed by atoms with Crippen molar-refractivity contribution in [1.29, 1.82) is 0 Å². The molecule has 1 atom stereocenters. The smallest absolute Gasteiger partial charge is 0.337 e. The number of Topliss-reactive ketones (excluding diaryl/α,β-unsaturated/α-hetero) is 1. The minimum atomic E-state index is -4.53. The maximum Gasteiger partial charge on any atom is 0.337 e. The van der Waals surface area contributed by atoms with Gasteiger partial charge < -0.3 is 39.3 Å². The Morgan fingerprint density at radius 1 is 0.856 bits per heavy atom. The van der Waals surface area contributed by atoms with Crippen LogP contribution in [-0.2, 0) is 31.0 Å². The number of rotatable bonds is 21. The lowest BCUT2D eigenvalue weighted by Crippen LogP contribution is -2.56. The van der Waals surface area contributed by atoms with Gasteiger partial charge in [-0.05, 0) is 86.2 Å². The molecule has 7 heterocycles. The molecule has 2 aromatic heterocycles. The number of imidazole rings is 1. The van der Waals surface area contributed by atoms with Crippen molar-refractivity contribution in [1.82, 2.24) is 34.3 Å². The van der Waals surface area contributed by atoms with Crippen LogP contribution in [0.1, 0.15) is 124 Å². The van der Waals surface area contributed by atoms with Crippen LogP contribution in [0.25, 0.3) is 22.7 Å². The number of anilines is 2. The van der Waals surface area contributed by atoms with Gasteiger partial charge in [0.25, 0.3) is 10.1 Å². The van der Waals surface area contributed by atoms with Crippen molar-refractivity contribution in [3.8, 4) is 28.9 Å². The number of fused-ring (bicyclic) bond motifs is 5. The molecule has 0 aliphatic carbocycles. The zero-order valence-electron chi connectivity index (χ0n) is 50.9. The maximum absolute atomic E-state index is 13.9. The number of aromatic carboxylic acids is 1. The highest BCUT2D eigenvalue weighted by Crippen LogP contribution is 2.52. The molecule has 2 amide bonds. The number of thioether (sulfide) groups is 1. The molecule has 6 aromatic rings. The first-order valence-electron chi connectivity index (χ1n) is 29.7. The van der Waals surface area contributed by atoms with E-state index in [2.05, 4.69) is 46.7 Å². The van der Waals surface area contributed by atoms with Crippen LogP contribution in [0.5, 0.6) is 23.0 Å². The van der Waals surface area contributed by atoms with Crippen LogP contribution in [0.4, 0.5) is 11.5 Å². The van der Waals surface area contributed by atoms with E-state index >= 15 is 0 Å². The summed E-state index contributed by atoms with van der Waals surface area (Å²) in [5, 5.41) is 15.0. The van der Waals surface area contributed by atoms with Crippen molar-refractivity contribution < 1.29 is 51.5 Å². The number of benzene rings is 4. The number of halogens is 3. The number of nitrogens with zero attached hydrogens (tertiary/aromatic N) is 8. The van der Waals surface area contributed by atoms with Gasteiger partial charge in [0.15, 0.2) is 17.0 Å². The predicted octanol–water partition coefficient (Wildman–Crippen LogP) is 10.0. The summed E-state index contributed by atoms with van der Waals surface area (Å²) in [6, 6.07) is 14.3. The zero-order valence-corrected chi connectivity index (χ0v) is 54.8. The molecule has 1 unspecified atom stereocenters. The fourth-order valence-electron chi connectivity index (χ4n) is 12.4. The normalized spacial score (nSPS) is 17.0. The van der Waals surface area contributed by atoms with Gasteiger partial charge in [0.1, 0.15) is 42.2 Å². The second-order valence-corrected chi connectivity index (χ2v) is 27.7. The number of nitrogens with one attached hydrogen (secondary N) is 1. The van der Waals surface area contributed by atoms with Crippen LogP contribution in [0.3, 0.4) is 0 Å². The number of amides is 2. The molecule has 1 fully saturated rings. The fraction of sp³-hybridized carbons (Fsp3) is 0.385. The molecule has 90 heavy (non-hydrogen) atoms. The summed E-state index contributed by atoms with van der Waals surface area (Å²) in [4.78, 5) is 74.3. The highest BCUT2D eigenvalue weighted by atomic mass is 35.5. The molecular weight excluding hydrogens is 1250 g/mol. The molecular formula is C65H69Cl3N9O11S2+. The molecule has 4 aromatic carbocycles. The van der Waals surface area contributed by atoms with E-state index in [-0.39, 0.29) is 92.6 Å². The highest BCUT2D eigenvalue weighted by Gasteiger charge is 2.39. The highest BCUT2D eigenvalue weighted by molar-refractivity contribution is 8.00. The molecule has 3 N–H and O–H groups in total. The summed E-state index contributed by atoms with van der Waals surface area (Å²) in [5.74, 6) is 0.514. The molecule has 25 heteroatoms. The maximum atomic E-state index is 13.9. The Morgan fingerprint density at radius 2 is 1.62 bits per heavy atom. The third-order valence-corrected chi connectivity index (χ3v) is 20.7. The van der Waals surface area contributed by atoms with Crippen molar-refractivity contribution in [3.63, 3.8) is 0 Å². The lowest BCUT2D eigenvalue weighted by Gasteiger charge is -2.42. The van der Waals surface area contributed by atoms with Gasteiger partial charge >= 0.3 is 5.97 Å². The molecule has 0 bridgehead atoms. The Balaban J connectivity index is 0.792. The van der Waals surface area contributed by atoms with Crippen LogP contribution in [0.2, 0.25) is 15.1 Å². The summed E-state index contributed by atoms with van der Waals surface area (Å²) >= 11 is 22.6. The van der Waals surface area contributed by atoms with Crippen LogP contribution < -0.4 is 44.5 Å². The standard InChI is InChI=1S/C65H68Cl3N9O11S2/c1-8-38-29-64(2,3)73(6)46-27-49-44(25-42(38)46)55(45-26-43-39(34-90(83,84)85)30-65(4,5)74(7)47(43)28-50(45)88-49)56-57(62(81)82)58(66)60(68)61(59(56)67)89-33-41(78)13-11-9-10-12-14-54(80)75-21-22-77(52-17-18-70-63(72-52)76-20-19-69-35-76)40(32-75)24-53(79)71-31-37-15-16-48-51(23-37)87-36-86-48/h15-20,23,25-30,35,40H,8-14,21-22,24,31-34,36H2,1-7H3,(H2-,71,79,81,82,83,84,85)/p+1. The molecule has 472 valence electrons. The quantitative estimate of drug-likeness (QED) is 0.0199. The Morgan fingerprint density at radius 3 is 2.36 bits per heavy atom. The number of piperazine rings is 1. The molecule has 5 aliphatic rings. The monoisotopic (exact) mass is 1320 g/mol. The fourth-order valence-corrected chi connectivity index (χ4v) is 15.1. The van der Waals surface area contributed by atoms with Crippen molar-refractivity contribution in [3.05, 3.63) is 145 Å². The predicted molar refractivity (Wildman–Crippen MR) is 348 cm³/mol. The van der Waals surface area contributed by atoms with Crippen molar-refractivity contribution in [2.75, 3.05) is 61.8 Å². The minimum absolute atomic E-state index is 0.0211. The largest absolute Gasteiger partial charge is 0.478 e. The first-order valence-corrected chi connectivity index (χ1v) is 33.4. The average molecular weight is 1320 g/mol. The number of unbranched alkanes of at least 4 members (excludes halogenated alkanes) is 3. The van der Waals surface area contributed by atoms with Crippen LogP contribution in [0, 0.1) is 0 Å². The summed E-state index contributed by atoms with van der Waals surface area (Å²) < 4.78 is 57.1. The molecule has 1 saturated heterocycles. The Hall–Kier alpha value is -7.47. The number of aromatic nitrogens is 4. The number of hydrogen-bond donors (Lipinski definition) is 3. The van der Waals surface area contributed by atoms with Gasteiger partial charge in [-0.1, -0.05) is 66.7 Å². The first-order chi connectivity index (χ1) is 42.8. The van der Waals surface area contributed by atoms with Gasteiger partial charge in [0, 0.05) is 135 Å². The van der Waals surface area contributed by atoms with Crippen molar-refractivity contribution >= 4 is 108 Å². The van der Waals surface area contributed by atoms with E-state index in [0.29, 0.717) is 120 Å². The number of ether oxygens (including phenoxy) is 3. The lowest BCUT2D eigenvalue weighted by molar-refractivity contribution is -0.133. The van der Waals surface area contributed by atoms with E-state index in [1.165, 1.54) is 0 Å². The minimum Gasteiger partial charge on any atom is -0.478 e. The van der Waals surface area contributed by atoms with E-state index in [1.807, 2.05) is 68.1 Å². The number of hydrogen-bond acceptors (Lipinski definition) is 15. The van der Waals surface area contributed by atoms with Gasteiger partial charge in [-0.2, -0.15) is 13.4 Å². The number of carboxylic acids is 1. The van der Waals surface area contributed by atoms with E-state index < -0.39 is 33.4 Å². The Labute approximate surface area is 540 Å².